The standard InChI is InChI=1S/C52H35NO/c1-5-16-36(17-6-1)39-28-30-44(31-29-39)53(45-33-42(37-18-7-2-8-19-37)32-43(34-45)38-20-9-3-10-21-38)49-27-15-26-47-50-46-25-14-13-24-41(46)35-48(52(50)54-51(47)49)40-22-11-4-12-23-40/h1-35H. The fraction of sp³-hybridized carbons (Fsp3) is 0. The summed E-state index contributed by atoms with van der Waals surface area (Å²) < 4.78 is 7.18. The molecule has 10 aromatic rings. The normalized spacial score (nSPS) is 11.3. The van der Waals surface area contributed by atoms with Crippen molar-refractivity contribution in [3.05, 3.63) is 212 Å². The second kappa shape index (κ2) is 13.4. The van der Waals surface area contributed by atoms with Gasteiger partial charge in [0.1, 0.15) is 5.58 Å². The van der Waals surface area contributed by atoms with Crippen LogP contribution >= 0.6 is 0 Å². The summed E-state index contributed by atoms with van der Waals surface area (Å²) in [6.45, 7) is 0. The second-order valence-corrected chi connectivity index (χ2v) is 13.7. The zero-order valence-corrected chi connectivity index (χ0v) is 29.6. The molecule has 0 bridgehead atoms. The van der Waals surface area contributed by atoms with E-state index >= 15 is 0 Å². The average molecular weight is 690 g/mol. The summed E-state index contributed by atoms with van der Waals surface area (Å²) >= 11 is 0. The monoisotopic (exact) mass is 689 g/mol. The van der Waals surface area contributed by atoms with Crippen LogP contribution in [0.2, 0.25) is 0 Å². The topological polar surface area (TPSA) is 16.4 Å². The number of hydrogen-bond acceptors (Lipinski definition) is 2. The smallest absolute Gasteiger partial charge is 0.159 e. The van der Waals surface area contributed by atoms with Gasteiger partial charge in [-0.3, -0.25) is 0 Å². The Morgan fingerprint density at radius 2 is 0.815 bits per heavy atom. The molecule has 0 saturated heterocycles. The SMILES string of the molecule is c1ccc(-c2ccc(N(c3cc(-c4ccccc4)cc(-c4ccccc4)c3)c3cccc4c3oc3c(-c5ccccc5)cc5ccccc5c34)cc2)cc1. The molecule has 54 heavy (non-hydrogen) atoms. The fourth-order valence-electron chi connectivity index (χ4n) is 7.84. The van der Waals surface area contributed by atoms with Crippen LogP contribution in [-0.2, 0) is 0 Å². The van der Waals surface area contributed by atoms with Crippen LogP contribution in [0.1, 0.15) is 0 Å². The maximum absolute atomic E-state index is 7.18. The number of nitrogens with zero attached hydrogens (tertiary/aromatic N) is 1. The highest BCUT2D eigenvalue weighted by molar-refractivity contribution is 6.24. The molecule has 0 aliphatic rings. The Balaban J connectivity index is 1.26. The molecular formula is C52H35NO. The molecule has 0 saturated carbocycles. The zero-order chi connectivity index (χ0) is 35.8. The number of para-hydroxylation sites is 1. The fourth-order valence-corrected chi connectivity index (χ4v) is 7.84. The van der Waals surface area contributed by atoms with Crippen molar-refractivity contribution >= 4 is 49.8 Å². The van der Waals surface area contributed by atoms with Crippen molar-refractivity contribution in [3.63, 3.8) is 0 Å². The third kappa shape index (κ3) is 5.62. The van der Waals surface area contributed by atoms with Gasteiger partial charge in [0.2, 0.25) is 0 Å². The third-order valence-electron chi connectivity index (χ3n) is 10.4. The number of rotatable bonds is 7. The maximum Gasteiger partial charge on any atom is 0.159 e. The van der Waals surface area contributed by atoms with Gasteiger partial charge in [-0.15, -0.1) is 0 Å². The first-order valence-corrected chi connectivity index (χ1v) is 18.4. The van der Waals surface area contributed by atoms with Crippen molar-refractivity contribution in [2.24, 2.45) is 0 Å². The molecule has 0 N–H and O–H groups in total. The van der Waals surface area contributed by atoms with Gasteiger partial charge in [0.25, 0.3) is 0 Å². The minimum Gasteiger partial charge on any atom is -0.453 e. The molecular weight excluding hydrogens is 655 g/mol. The Kier molecular flexibility index (Phi) is 7.85. The molecule has 2 heteroatoms. The number of anilines is 3. The Labute approximate surface area is 314 Å². The average Bonchev–Trinajstić information content (AvgIpc) is 3.66. The summed E-state index contributed by atoms with van der Waals surface area (Å²) in [7, 11) is 0. The van der Waals surface area contributed by atoms with Crippen molar-refractivity contribution in [2.45, 2.75) is 0 Å². The van der Waals surface area contributed by atoms with Gasteiger partial charge in [0.05, 0.1) is 5.69 Å². The first-order valence-electron chi connectivity index (χ1n) is 18.4. The number of benzene rings is 9. The molecule has 0 amide bonds. The van der Waals surface area contributed by atoms with E-state index in [1.54, 1.807) is 0 Å². The summed E-state index contributed by atoms with van der Waals surface area (Å²) in [5, 5.41) is 4.59. The van der Waals surface area contributed by atoms with Crippen LogP contribution in [0.5, 0.6) is 0 Å². The van der Waals surface area contributed by atoms with E-state index in [1.165, 1.54) is 21.9 Å². The molecule has 0 unspecified atom stereocenters. The van der Waals surface area contributed by atoms with E-state index in [9.17, 15) is 0 Å². The summed E-state index contributed by atoms with van der Waals surface area (Å²) in [5.74, 6) is 0. The minimum absolute atomic E-state index is 0.847. The number of fused-ring (bicyclic) bond motifs is 5. The van der Waals surface area contributed by atoms with Crippen molar-refractivity contribution in [1.82, 2.24) is 0 Å². The lowest BCUT2D eigenvalue weighted by molar-refractivity contribution is 0.670. The van der Waals surface area contributed by atoms with Gasteiger partial charge in [-0.05, 0) is 92.2 Å². The highest BCUT2D eigenvalue weighted by atomic mass is 16.3. The summed E-state index contributed by atoms with van der Waals surface area (Å²) in [5.41, 5.74) is 14.0. The summed E-state index contributed by atoms with van der Waals surface area (Å²) in [6.07, 6.45) is 0. The van der Waals surface area contributed by atoms with Crippen molar-refractivity contribution in [3.8, 4) is 44.5 Å². The quantitative estimate of drug-likeness (QED) is 0.166. The first kappa shape index (κ1) is 31.6. The lowest BCUT2D eigenvalue weighted by atomic mass is 9.96. The Hall–Kier alpha value is -7.16. The summed E-state index contributed by atoms with van der Waals surface area (Å²) in [4.78, 5) is 2.36. The van der Waals surface area contributed by atoms with Crippen molar-refractivity contribution < 1.29 is 4.42 Å². The molecule has 2 nitrogen and oxygen atoms in total. The number of furan rings is 1. The van der Waals surface area contributed by atoms with Crippen LogP contribution in [0.25, 0.3) is 77.2 Å². The molecule has 254 valence electrons. The second-order valence-electron chi connectivity index (χ2n) is 13.7. The zero-order valence-electron chi connectivity index (χ0n) is 29.6. The van der Waals surface area contributed by atoms with Gasteiger partial charge in [0, 0.05) is 27.7 Å². The minimum atomic E-state index is 0.847. The van der Waals surface area contributed by atoms with Crippen molar-refractivity contribution in [1.29, 1.82) is 0 Å². The summed E-state index contributed by atoms with van der Waals surface area (Å²) in [6, 6.07) is 75.7. The Morgan fingerprint density at radius 1 is 0.315 bits per heavy atom. The van der Waals surface area contributed by atoms with Crippen LogP contribution in [-0.4, -0.2) is 0 Å². The molecule has 0 atom stereocenters. The van der Waals surface area contributed by atoms with Gasteiger partial charge in [-0.1, -0.05) is 170 Å². The molecule has 0 radical (unpaired) electrons. The van der Waals surface area contributed by atoms with E-state index in [-0.39, 0.29) is 0 Å². The highest BCUT2D eigenvalue weighted by Gasteiger charge is 2.23. The number of hydrogen-bond donors (Lipinski definition) is 0. The maximum atomic E-state index is 7.18. The van der Waals surface area contributed by atoms with Gasteiger partial charge < -0.3 is 9.32 Å². The molecule has 0 aliphatic carbocycles. The molecule has 0 spiro atoms. The van der Waals surface area contributed by atoms with E-state index in [2.05, 4.69) is 217 Å². The third-order valence-corrected chi connectivity index (χ3v) is 10.4. The molecule has 10 rings (SSSR count). The van der Waals surface area contributed by atoms with Crippen LogP contribution < -0.4 is 4.90 Å². The van der Waals surface area contributed by atoms with Crippen LogP contribution in [0.15, 0.2) is 217 Å². The van der Waals surface area contributed by atoms with Crippen LogP contribution in [0, 0.1) is 0 Å². The van der Waals surface area contributed by atoms with E-state index < -0.39 is 0 Å². The molecule has 9 aromatic carbocycles. The van der Waals surface area contributed by atoms with Crippen LogP contribution in [0.3, 0.4) is 0 Å². The van der Waals surface area contributed by atoms with Crippen LogP contribution in [0.4, 0.5) is 17.1 Å². The van der Waals surface area contributed by atoms with E-state index in [1.807, 2.05) is 0 Å². The first-order chi connectivity index (χ1) is 26.8. The van der Waals surface area contributed by atoms with Gasteiger partial charge in [-0.2, -0.15) is 0 Å². The highest BCUT2D eigenvalue weighted by Crippen LogP contribution is 2.47. The molecule has 0 fully saturated rings. The lowest BCUT2D eigenvalue weighted by Gasteiger charge is -2.27. The Morgan fingerprint density at radius 3 is 1.43 bits per heavy atom. The molecule has 1 heterocycles. The van der Waals surface area contributed by atoms with Gasteiger partial charge in [-0.25, -0.2) is 0 Å². The predicted octanol–water partition coefficient (Wildman–Crippen LogP) is 14.9. The molecule has 1 aromatic heterocycles. The largest absolute Gasteiger partial charge is 0.453 e. The predicted molar refractivity (Wildman–Crippen MR) is 228 cm³/mol. The van der Waals surface area contributed by atoms with E-state index in [0.29, 0.717) is 0 Å². The Bertz CT molecular complexity index is 2840. The van der Waals surface area contributed by atoms with Crippen molar-refractivity contribution in [2.75, 3.05) is 4.90 Å². The van der Waals surface area contributed by atoms with Gasteiger partial charge >= 0.3 is 0 Å². The molecule has 0 aliphatic heterocycles. The van der Waals surface area contributed by atoms with Gasteiger partial charge in [0.15, 0.2) is 5.58 Å². The lowest BCUT2D eigenvalue weighted by Crippen LogP contribution is -2.10. The van der Waals surface area contributed by atoms with E-state index in [4.69, 9.17) is 4.42 Å². The van der Waals surface area contributed by atoms with E-state index in [0.717, 1.165) is 72.4 Å².